The fraction of sp³-hybridized carbons (Fsp3) is 0.267. The summed E-state index contributed by atoms with van der Waals surface area (Å²) in [4.78, 5) is 32.7. The second-order valence-corrected chi connectivity index (χ2v) is 9.58. The summed E-state index contributed by atoms with van der Waals surface area (Å²) < 4.78 is 14.6. The van der Waals surface area contributed by atoms with Crippen LogP contribution in [0.15, 0.2) is 66.9 Å². The first-order valence-corrected chi connectivity index (χ1v) is 12.5. The van der Waals surface area contributed by atoms with Gasteiger partial charge in [0.15, 0.2) is 0 Å². The van der Waals surface area contributed by atoms with Gasteiger partial charge in [0.1, 0.15) is 5.82 Å². The topological polar surface area (TPSA) is 86.1 Å². The van der Waals surface area contributed by atoms with Gasteiger partial charge < -0.3 is 10.2 Å². The predicted molar refractivity (Wildman–Crippen MR) is 139 cm³/mol. The fourth-order valence-corrected chi connectivity index (χ4v) is 5.22. The number of nitriles is 1. The summed E-state index contributed by atoms with van der Waals surface area (Å²) >= 11 is 0. The normalized spacial score (nSPS) is 20.0. The molecule has 0 radical (unpaired) electrons. The van der Waals surface area contributed by atoms with Gasteiger partial charge in [0.2, 0.25) is 11.8 Å². The van der Waals surface area contributed by atoms with E-state index in [0.29, 0.717) is 31.4 Å². The minimum absolute atomic E-state index is 0.0290. The zero-order valence-electron chi connectivity index (χ0n) is 20.6. The van der Waals surface area contributed by atoms with Crippen molar-refractivity contribution in [1.29, 1.82) is 5.26 Å². The quantitative estimate of drug-likeness (QED) is 0.482. The first-order chi connectivity index (χ1) is 18.0. The van der Waals surface area contributed by atoms with Gasteiger partial charge in [-0.1, -0.05) is 37.6 Å². The number of nitrogens with one attached hydrogen (secondary N) is 1. The van der Waals surface area contributed by atoms with E-state index in [0.717, 1.165) is 28.9 Å². The molecular weight excluding hydrogens is 467 g/mol. The van der Waals surface area contributed by atoms with E-state index >= 15 is 0 Å². The lowest BCUT2D eigenvalue weighted by molar-refractivity contribution is -0.129. The molecule has 0 unspecified atom stereocenters. The molecule has 0 saturated heterocycles. The van der Waals surface area contributed by atoms with E-state index in [4.69, 9.17) is 0 Å². The molecule has 2 aliphatic heterocycles. The number of amides is 2. The molecule has 2 aromatic carbocycles. The van der Waals surface area contributed by atoms with E-state index < -0.39 is 5.82 Å². The highest BCUT2D eigenvalue weighted by atomic mass is 19.1. The SMILES string of the molecule is C[C@@H]1CCC[C@H](N2CCC(c3c(F)cccc3C#N)=CC2=O)c2cc(ccn2)-c2ccccc2NC1=O. The van der Waals surface area contributed by atoms with Crippen LogP contribution in [0.4, 0.5) is 10.1 Å². The van der Waals surface area contributed by atoms with Crippen LogP contribution < -0.4 is 5.32 Å². The fourth-order valence-electron chi connectivity index (χ4n) is 5.22. The first kappa shape index (κ1) is 24.4. The van der Waals surface area contributed by atoms with Gasteiger partial charge in [-0.25, -0.2) is 4.39 Å². The van der Waals surface area contributed by atoms with E-state index in [2.05, 4.69) is 10.3 Å². The van der Waals surface area contributed by atoms with Gasteiger partial charge in [0.25, 0.3) is 0 Å². The van der Waals surface area contributed by atoms with E-state index in [1.54, 1.807) is 17.2 Å². The number of halogens is 1. The Morgan fingerprint density at radius 3 is 2.76 bits per heavy atom. The van der Waals surface area contributed by atoms with E-state index in [-0.39, 0.29) is 34.9 Å². The van der Waals surface area contributed by atoms with Gasteiger partial charge in [-0.2, -0.15) is 5.26 Å². The van der Waals surface area contributed by atoms with Crippen LogP contribution in [-0.2, 0) is 9.59 Å². The monoisotopic (exact) mass is 494 g/mol. The number of nitrogens with zero attached hydrogens (tertiary/aromatic N) is 3. The number of hydrogen-bond donors (Lipinski definition) is 1. The molecule has 37 heavy (non-hydrogen) atoms. The summed E-state index contributed by atoms with van der Waals surface area (Å²) in [6.45, 7) is 2.30. The largest absolute Gasteiger partial charge is 0.330 e. The summed E-state index contributed by atoms with van der Waals surface area (Å²) in [6, 6.07) is 17.7. The molecule has 6 nitrogen and oxygen atoms in total. The third kappa shape index (κ3) is 4.88. The smallest absolute Gasteiger partial charge is 0.247 e. The summed E-state index contributed by atoms with van der Waals surface area (Å²) in [5.74, 6) is -0.950. The van der Waals surface area contributed by atoms with Crippen LogP contribution in [0, 0.1) is 23.1 Å². The number of benzene rings is 2. The Morgan fingerprint density at radius 2 is 1.95 bits per heavy atom. The minimum Gasteiger partial charge on any atom is -0.330 e. The Morgan fingerprint density at radius 1 is 1.11 bits per heavy atom. The van der Waals surface area contributed by atoms with Crippen molar-refractivity contribution < 1.29 is 14.0 Å². The van der Waals surface area contributed by atoms with Gasteiger partial charge in [-0.3, -0.25) is 14.6 Å². The van der Waals surface area contributed by atoms with Crippen LogP contribution in [0.2, 0.25) is 0 Å². The molecule has 2 bridgehead atoms. The van der Waals surface area contributed by atoms with Crippen molar-refractivity contribution in [3.8, 4) is 17.2 Å². The van der Waals surface area contributed by atoms with Gasteiger partial charge in [0.05, 0.1) is 23.4 Å². The number of anilines is 1. The van der Waals surface area contributed by atoms with Crippen molar-refractivity contribution in [2.24, 2.45) is 5.92 Å². The zero-order chi connectivity index (χ0) is 25.9. The highest BCUT2D eigenvalue weighted by Crippen LogP contribution is 2.36. The molecule has 7 heteroatoms. The van der Waals surface area contributed by atoms with Crippen LogP contribution in [-0.4, -0.2) is 28.2 Å². The molecule has 0 aliphatic carbocycles. The maximum atomic E-state index is 14.6. The molecule has 3 heterocycles. The maximum Gasteiger partial charge on any atom is 0.247 e. The van der Waals surface area contributed by atoms with Gasteiger partial charge in [-0.05, 0) is 60.7 Å². The summed E-state index contributed by atoms with van der Waals surface area (Å²) in [7, 11) is 0. The van der Waals surface area contributed by atoms with Gasteiger partial charge >= 0.3 is 0 Å². The number of carbonyl (C=O) groups is 2. The third-order valence-electron chi connectivity index (χ3n) is 7.21. The van der Waals surface area contributed by atoms with Crippen molar-refractivity contribution in [1.82, 2.24) is 9.88 Å². The Kier molecular flexibility index (Phi) is 6.82. The van der Waals surface area contributed by atoms with Crippen LogP contribution in [0.5, 0.6) is 0 Å². The number of fused-ring (bicyclic) bond motifs is 4. The molecular formula is C30H27FN4O2. The average Bonchev–Trinajstić information content (AvgIpc) is 2.91. The second kappa shape index (κ2) is 10.4. The molecule has 0 saturated carbocycles. The second-order valence-electron chi connectivity index (χ2n) is 9.58. The Bertz CT molecular complexity index is 1440. The highest BCUT2D eigenvalue weighted by molar-refractivity contribution is 5.98. The van der Waals surface area contributed by atoms with Crippen LogP contribution >= 0.6 is 0 Å². The molecule has 2 amide bonds. The van der Waals surface area contributed by atoms with Crippen LogP contribution in [0.1, 0.15) is 55.5 Å². The summed E-state index contributed by atoms with van der Waals surface area (Å²) in [5, 5.41) is 12.5. The Labute approximate surface area is 215 Å². The van der Waals surface area contributed by atoms with Crippen molar-refractivity contribution in [3.63, 3.8) is 0 Å². The number of hydrogen-bond acceptors (Lipinski definition) is 4. The Balaban J connectivity index is 1.53. The van der Waals surface area contributed by atoms with Crippen LogP contribution in [0.25, 0.3) is 16.7 Å². The van der Waals surface area contributed by atoms with Gasteiger partial charge in [-0.15, -0.1) is 0 Å². The molecule has 3 aromatic rings. The first-order valence-electron chi connectivity index (χ1n) is 12.5. The minimum atomic E-state index is -0.502. The predicted octanol–water partition coefficient (Wildman–Crippen LogP) is 5.87. The van der Waals surface area contributed by atoms with E-state index in [1.807, 2.05) is 49.4 Å². The van der Waals surface area contributed by atoms with Gasteiger partial charge in [0, 0.05) is 41.5 Å². The third-order valence-corrected chi connectivity index (χ3v) is 7.21. The maximum absolute atomic E-state index is 14.6. The number of pyridine rings is 1. The lowest BCUT2D eigenvalue weighted by Gasteiger charge is -2.34. The van der Waals surface area contributed by atoms with Crippen molar-refractivity contribution in [2.45, 2.75) is 38.6 Å². The molecule has 0 fully saturated rings. The highest BCUT2D eigenvalue weighted by Gasteiger charge is 2.30. The molecule has 2 aliphatic rings. The molecule has 2 atom stereocenters. The van der Waals surface area contributed by atoms with E-state index in [1.165, 1.54) is 18.2 Å². The van der Waals surface area contributed by atoms with E-state index in [9.17, 15) is 19.2 Å². The molecule has 5 rings (SSSR count). The zero-order valence-corrected chi connectivity index (χ0v) is 20.6. The average molecular weight is 495 g/mol. The van der Waals surface area contributed by atoms with Crippen LogP contribution in [0.3, 0.4) is 0 Å². The number of carbonyl (C=O) groups excluding carboxylic acids is 2. The molecule has 0 spiro atoms. The Hall–Kier alpha value is -4.31. The van der Waals surface area contributed by atoms with Crippen molar-refractivity contribution in [2.75, 3.05) is 11.9 Å². The lowest BCUT2D eigenvalue weighted by Crippen LogP contribution is -2.38. The number of para-hydroxylation sites is 1. The summed E-state index contributed by atoms with van der Waals surface area (Å²) in [6.07, 6.45) is 5.67. The van der Waals surface area contributed by atoms with Crippen molar-refractivity contribution >= 4 is 23.1 Å². The molecule has 1 N–H and O–H groups in total. The number of aromatic nitrogens is 1. The van der Waals surface area contributed by atoms with Crippen molar-refractivity contribution in [3.05, 3.63) is 89.5 Å². The standard InChI is InChI=1S/C30H27FN4O2/c1-19-6-4-11-27(26-16-20(12-14-33-26)23-8-2-3-10-25(23)34-30(19)37)35-15-13-21(17-28(35)36)29-22(18-32)7-5-9-24(29)31/h2-3,5,7-10,12,14,16-17,19,27H,4,6,11,13,15H2,1H3,(H,34,37)/t19-,27+/m1/s1. The molecule has 186 valence electrons. The molecule has 1 aromatic heterocycles. The number of rotatable bonds is 2. The lowest BCUT2D eigenvalue weighted by atomic mass is 9.91. The summed E-state index contributed by atoms with van der Waals surface area (Å²) in [5.41, 5.74) is 4.28.